The number of hydrogen-bond acceptors (Lipinski definition) is 3. The Bertz CT molecular complexity index is 1140. The highest BCUT2D eigenvalue weighted by molar-refractivity contribution is 9.10. The molecule has 1 saturated carbocycles. The Kier molecular flexibility index (Phi) is 9.17. The van der Waals surface area contributed by atoms with Gasteiger partial charge in [0.1, 0.15) is 11.8 Å². The van der Waals surface area contributed by atoms with Crippen molar-refractivity contribution in [1.29, 1.82) is 0 Å². The van der Waals surface area contributed by atoms with Crippen LogP contribution < -0.4 is 10.1 Å². The molecule has 6 heteroatoms. The van der Waals surface area contributed by atoms with Gasteiger partial charge in [0.25, 0.3) is 5.91 Å². The summed E-state index contributed by atoms with van der Waals surface area (Å²) >= 11 is 3.42. The van der Waals surface area contributed by atoms with Crippen LogP contribution in [0.2, 0.25) is 0 Å². The first-order valence-corrected chi connectivity index (χ1v) is 13.4. The second-order valence-electron chi connectivity index (χ2n) is 9.39. The van der Waals surface area contributed by atoms with E-state index in [1.807, 2.05) is 85.8 Å². The number of halogens is 1. The average molecular weight is 550 g/mol. The van der Waals surface area contributed by atoms with Crippen molar-refractivity contribution >= 4 is 27.7 Å². The van der Waals surface area contributed by atoms with Gasteiger partial charge in [-0.15, -0.1) is 0 Å². The minimum Gasteiger partial charge on any atom is -0.484 e. The first-order valence-electron chi connectivity index (χ1n) is 12.6. The van der Waals surface area contributed by atoms with Crippen molar-refractivity contribution < 1.29 is 14.3 Å². The molecule has 4 rings (SSSR count). The first kappa shape index (κ1) is 26.0. The van der Waals surface area contributed by atoms with E-state index in [1.54, 1.807) is 4.90 Å². The molecule has 3 aromatic rings. The molecule has 3 aromatic carbocycles. The maximum absolute atomic E-state index is 13.7. The Morgan fingerprint density at radius 1 is 0.972 bits per heavy atom. The number of nitrogens with zero attached hydrogens (tertiary/aromatic N) is 1. The lowest BCUT2D eigenvalue weighted by Crippen LogP contribution is -2.53. The normalized spacial score (nSPS) is 14.3. The van der Waals surface area contributed by atoms with E-state index < -0.39 is 6.04 Å². The number of carbonyl (C=O) groups is 2. The summed E-state index contributed by atoms with van der Waals surface area (Å²) in [6.07, 6.45) is 4.67. The maximum Gasteiger partial charge on any atom is 0.261 e. The predicted molar refractivity (Wildman–Crippen MR) is 146 cm³/mol. The molecule has 0 radical (unpaired) electrons. The Morgan fingerprint density at radius 3 is 2.33 bits per heavy atom. The summed E-state index contributed by atoms with van der Waals surface area (Å²) < 4.78 is 6.78. The zero-order chi connectivity index (χ0) is 25.3. The van der Waals surface area contributed by atoms with E-state index in [9.17, 15) is 9.59 Å². The lowest BCUT2D eigenvalue weighted by atomic mass is 10.0. The van der Waals surface area contributed by atoms with Gasteiger partial charge in [0, 0.05) is 23.5 Å². The Balaban J connectivity index is 1.61. The van der Waals surface area contributed by atoms with Gasteiger partial charge in [-0.05, 0) is 60.7 Å². The molecule has 1 aliphatic carbocycles. The number of aryl methyl sites for hydroxylation is 1. The summed E-state index contributed by atoms with van der Waals surface area (Å²) in [5, 5.41) is 3.24. The summed E-state index contributed by atoms with van der Waals surface area (Å²) in [6, 6.07) is 24.8. The van der Waals surface area contributed by atoms with Crippen LogP contribution >= 0.6 is 15.9 Å². The fourth-order valence-corrected chi connectivity index (χ4v) is 4.92. The largest absolute Gasteiger partial charge is 0.484 e. The number of rotatable bonds is 10. The number of carbonyl (C=O) groups excluding carboxylic acids is 2. The number of ether oxygens (including phenoxy) is 1. The fourth-order valence-electron chi connectivity index (χ4n) is 4.65. The number of nitrogens with one attached hydrogen (secondary N) is 1. The van der Waals surface area contributed by atoms with Crippen molar-refractivity contribution in [2.75, 3.05) is 6.61 Å². The second kappa shape index (κ2) is 12.7. The second-order valence-corrected chi connectivity index (χ2v) is 10.3. The van der Waals surface area contributed by atoms with E-state index in [0.717, 1.165) is 46.8 Å². The highest BCUT2D eigenvalue weighted by Crippen LogP contribution is 2.21. The van der Waals surface area contributed by atoms with Gasteiger partial charge >= 0.3 is 0 Å². The van der Waals surface area contributed by atoms with E-state index >= 15 is 0 Å². The lowest BCUT2D eigenvalue weighted by molar-refractivity contribution is -0.143. The van der Waals surface area contributed by atoms with E-state index in [1.165, 1.54) is 0 Å². The Hall–Kier alpha value is -3.12. The molecule has 1 unspecified atom stereocenters. The highest BCUT2D eigenvalue weighted by Gasteiger charge is 2.32. The standard InChI is InChI=1S/C30H33BrN2O3/c1-22-9-5-6-12-24(22)20-33(29(34)21-36-27-17-15-25(31)16-18-27)28(19-23-10-3-2-4-11-23)30(35)32-26-13-7-8-14-26/h2-6,9-12,15-18,26,28H,7-8,13-14,19-21H2,1H3,(H,32,35). The summed E-state index contributed by atoms with van der Waals surface area (Å²) in [6.45, 7) is 2.22. The molecule has 1 aliphatic rings. The molecule has 5 nitrogen and oxygen atoms in total. The van der Waals surface area contributed by atoms with Crippen LogP contribution in [0.5, 0.6) is 5.75 Å². The van der Waals surface area contributed by atoms with Gasteiger partial charge in [-0.25, -0.2) is 0 Å². The topological polar surface area (TPSA) is 58.6 Å². The summed E-state index contributed by atoms with van der Waals surface area (Å²) in [5.74, 6) is 0.289. The van der Waals surface area contributed by atoms with Crippen molar-refractivity contribution in [3.63, 3.8) is 0 Å². The number of amides is 2. The van der Waals surface area contributed by atoms with Gasteiger partial charge < -0.3 is 15.0 Å². The van der Waals surface area contributed by atoms with Crippen LogP contribution in [0, 0.1) is 6.92 Å². The molecule has 0 bridgehead atoms. The fraction of sp³-hybridized carbons (Fsp3) is 0.333. The van der Waals surface area contributed by atoms with Crippen LogP contribution in [-0.2, 0) is 22.6 Å². The molecule has 36 heavy (non-hydrogen) atoms. The molecule has 2 amide bonds. The highest BCUT2D eigenvalue weighted by atomic mass is 79.9. The van der Waals surface area contributed by atoms with Crippen molar-refractivity contribution in [2.24, 2.45) is 0 Å². The third-order valence-electron chi connectivity index (χ3n) is 6.75. The molecule has 0 heterocycles. The van der Waals surface area contributed by atoms with Crippen LogP contribution in [0.1, 0.15) is 42.4 Å². The van der Waals surface area contributed by atoms with E-state index in [-0.39, 0.29) is 24.5 Å². The summed E-state index contributed by atoms with van der Waals surface area (Å²) in [7, 11) is 0. The van der Waals surface area contributed by atoms with Crippen molar-refractivity contribution in [1.82, 2.24) is 10.2 Å². The molecule has 0 aliphatic heterocycles. The SMILES string of the molecule is Cc1ccccc1CN(C(=O)COc1ccc(Br)cc1)C(Cc1ccccc1)C(=O)NC1CCCC1. The lowest BCUT2D eigenvalue weighted by Gasteiger charge is -2.32. The summed E-state index contributed by atoms with van der Waals surface area (Å²) in [4.78, 5) is 29.1. The Labute approximate surface area is 222 Å². The molecule has 188 valence electrons. The third-order valence-corrected chi connectivity index (χ3v) is 7.28. The first-order chi connectivity index (χ1) is 17.5. The zero-order valence-electron chi connectivity index (χ0n) is 20.7. The molecular weight excluding hydrogens is 516 g/mol. The quantitative estimate of drug-likeness (QED) is 0.346. The average Bonchev–Trinajstić information content (AvgIpc) is 3.40. The maximum atomic E-state index is 13.7. The van der Waals surface area contributed by atoms with Crippen molar-refractivity contribution in [2.45, 2.75) is 57.7 Å². The van der Waals surface area contributed by atoms with Gasteiger partial charge in [-0.2, -0.15) is 0 Å². The third kappa shape index (κ3) is 7.20. The van der Waals surface area contributed by atoms with Crippen molar-refractivity contribution in [3.05, 3.63) is 100 Å². The van der Waals surface area contributed by atoms with E-state index in [4.69, 9.17) is 4.74 Å². The van der Waals surface area contributed by atoms with E-state index in [2.05, 4.69) is 21.2 Å². The zero-order valence-corrected chi connectivity index (χ0v) is 22.2. The van der Waals surface area contributed by atoms with Gasteiger partial charge in [0.05, 0.1) is 0 Å². The van der Waals surface area contributed by atoms with Gasteiger partial charge in [-0.3, -0.25) is 9.59 Å². The molecular formula is C30H33BrN2O3. The van der Waals surface area contributed by atoms with Crippen LogP contribution in [0.4, 0.5) is 0 Å². The van der Waals surface area contributed by atoms with Gasteiger partial charge in [0.15, 0.2) is 6.61 Å². The van der Waals surface area contributed by atoms with Crippen LogP contribution in [-0.4, -0.2) is 35.4 Å². The predicted octanol–water partition coefficient (Wildman–Crippen LogP) is 5.84. The molecule has 1 fully saturated rings. The van der Waals surface area contributed by atoms with Crippen molar-refractivity contribution in [3.8, 4) is 5.75 Å². The minimum absolute atomic E-state index is 0.101. The monoisotopic (exact) mass is 548 g/mol. The molecule has 1 atom stereocenters. The van der Waals surface area contributed by atoms with Crippen LogP contribution in [0.15, 0.2) is 83.3 Å². The molecule has 0 spiro atoms. The number of hydrogen-bond donors (Lipinski definition) is 1. The van der Waals surface area contributed by atoms with Crippen LogP contribution in [0.3, 0.4) is 0 Å². The molecule has 1 N–H and O–H groups in total. The number of benzene rings is 3. The van der Waals surface area contributed by atoms with E-state index in [0.29, 0.717) is 18.7 Å². The molecule has 0 aromatic heterocycles. The molecule has 0 saturated heterocycles. The van der Waals surface area contributed by atoms with Gasteiger partial charge in [-0.1, -0.05) is 83.4 Å². The Morgan fingerprint density at radius 2 is 1.64 bits per heavy atom. The summed E-state index contributed by atoms with van der Waals surface area (Å²) in [5.41, 5.74) is 3.11. The smallest absolute Gasteiger partial charge is 0.261 e. The minimum atomic E-state index is -0.645. The van der Waals surface area contributed by atoms with Gasteiger partial charge in [0.2, 0.25) is 5.91 Å². The van der Waals surface area contributed by atoms with Crippen LogP contribution in [0.25, 0.3) is 0 Å².